The Kier molecular flexibility index (Phi) is 4.70. The molecular weight excluding hydrogens is 206 g/mol. The van der Waals surface area contributed by atoms with E-state index in [1.165, 1.54) is 0 Å². The number of ether oxygens (including phenoxy) is 1. The lowest BCUT2D eigenvalue weighted by Gasteiger charge is -2.26. The maximum atomic E-state index is 11.1. The molecular formula is C11H23N3O2. The van der Waals surface area contributed by atoms with Crippen LogP contribution in [0.3, 0.4) is 0 Å². The predicted molar refractivity (Wildman–Crippen MR) is 62.9 cm³/mol. The van der Waals surface area contributed by atoms with Gasteiger partial charge < -0.3 is 21.1 Å². The molecule has 16 heavy (non-hydrogen) atoms. The molecule has 0 aromatic rings. The highest BCUT2D eigenvalue weighted by Crippen LogP contribution is 2.10. The van der Waals surface area contributed by atoms with Crippen LogP contribution in [0.1, 0.15) is 26.7 Å². The molecule has 0 bridgehead atoms. The first kappa shape index (κ1) is 13.4. The fraction of sp³-hybridized carbons (Fsp3) is 0.909. The van der Waals surface area contributed by atoms with Crippen LogP contribution in [0.4, 0.5) is 0 Å². The van der Waals surface area contributed by atoms with Crippen molar-refractivity contribution in [2.24, 2.45) is 11.5 Å². The molecule has 5 heteroatoms. The van der Waals surface area contributed by atoms with E-state index in [1.807, 2.05) is 0 Å². The molecule has 4 N–H and O–H groups in total. The third-order valence-corrected chi connectivity index (χ3v) is 3.05. The minimum absolute atomic E-state index is 0.250. The summed E-state index contributed by atoms with van der Waals surface area (Å²) in [5.74, 6) is -0.438. The maximum Gasteiger partial charge on any atom is 0.237 e. The number of carbonyl (C=O) groups excluding carboxylic acids is 1. The first-order chi connectivity index (χ1) is 7.42. The number of hydrogen-bond acceptors (Lipinski definition) is 4. The van der Waals surface area contributed by atoms with Crippen molar-refractivity contribution in [2.45, 2.75) is 38.3 Å². The van der Waals surface area contributed by atoms with E-state index in [0.717, 1.165) is 32.7 Å². The average molecular weight is 229 g/mol. The number of nitrogens with zero attached hydrogens (tertiary/aromatic N) is 1. The number of amides is 1. The Morgan fingerprint density at radius 1 is 1.62 bits per heavy atom. The Morgan fingerprint density at radius 3 is 2.94 bits per heavy atom. The number of primary amides is 1. The van der Waals surface area contributed by atoms with Gasteiger partial charge in [-0.25, -0.2) is 0 Å². The van der Waals surface area contributed by atoms with E-state index in [4.69, 9.17) is 16.2 Å². The van der Waals surface area contributed by atoms with Crippen molar-refractivity contribution in [3.05, 3.63) is 0 Å². The molecule has 0 spiro atoms. The van der Waals surface area contributed by atoms with Gasteiger partial charge in [0.05, 0.1) is 11.6 Å². The summed E-state index contributed by atoms with van der Waals surface area (Å²) in [6.07, 6.45) is 1.87. The highest BCUT2D eigenvalue weighted by Gasteiger charge is 2.26. The van der Waals surface area contributed by atoms with Gasteiger partial charge >= 0.3 is 0 Å². The van der Waals surface area contributed by atoms with Crippen LogP contribution in [-0.4, -0.2) is 48.7 Å². The lowest BCUT2D eigenvalue weighted by atomic mass is 9.98. The van der Waals surface area contributed by atoms with E-state index < -0.39 is 11.4 Å². The van der Waals surface area contributed by atoms with E-state index >= 15 is 0 Å². The largest absolute Gasteiger partial charge is 0.377 e. The van der Waals surface area contributed by atoms with Crippen molar-refractivity contribution in [1.82, 2.24) is 4.90 Å². The SMILES string of the molecule is CC1CN(CCC(C)(N)C(N)=O)CCCO1. The van der Waals surface area contributed by atoms with Gasteiger partial charge in [-0.3, -0.25) is 4.79 Å². The Balaban J connectivity index is 2.39. The molecule has 1 rings (SSSR count). The fourth-order valence-corrected chi connectivity index (χ4v) is 1.80. The first-order valence-electron chi connectivity index (χ1n) is 5.84. The summed E-state index contributed by atoms with van der Waals surface area (Å²) < 4.78 is 5.55. The molecule has 0 radical (unpaired) electrons. The monoisotopic (exact) mass is 229 g/mol. The van der Waals surface area contributed by atoms with Crippen LogP contribution in [-0.2, 0) is 9.53 Å². The van der Waals surface area contributed by atoms with Crippen molar-refractivity contribution in [3.63, 3.8) is 0 Å². The lowest BCUT2D eigenvalue weighted by Crippen LogP contribution is -2.51. The molecule has 0 aromatic carbocycles. The van der Waals surface area contributed by atoms with Crippen LogP contribution >= 0.6 is 0 Å². The van der Waals surface area contributed by atoms with Gasteiger partial charge in [-0.2, -0.15) is 0 Å². The van der Waals surface area contributed by atoms with Crippen molar-refractivity contribution < 1.29 is 9.53 Å². The molecule has 94 valence electrons. The maximum absolute atomic E-state index is 11.1. The molecule has 2 atom stereocenters. The molecule has 2 unspecified atom stereocenters. The Bertz CT molecular complexity index is 243. The molecule has 1 saturated heterocycles. The third kappa shape index (κ3) is 4.08. The molecule has 0 saturated carbocycles. The van der Waals surface area contributed by atoms with Gasteiger partial charge in [-0.15, -0.1) is 0 Å². The van der Waals surface area contributed by atoms with Crippen molar-refractivity contribution in [2.75, 3.05) is 26.2 Å². The van der Waals surface area contributed by atoms with Gasteiger partial charge in [0.15, 0.2) is 0 Å². The summed E-state index contributed by atoms with van der Waals surface area (Å²) in [7, 11) is 0. The standard InChI is InChI=1S/C11H23N3O2/c1-9-8-14(5-3-7-16-9)6-4-11(2,13)10(12)15/h9H,3-8,13H2,1-2H3,(H2,12,15). The summed E-state index contributed by atoms with van der Waals surface area (Å²) >= 11 is 0. The number of carbonyl (C=O) groups is 1. The van der Waals surface area contributed by atoms with Gasteiger partial charge in [0.2, 0.25) is 5.91 Å². The van der Waals surface area contributed by atoms with E-state index in [9.17, 15) is 4.79 Å². The van der Waals surface area contributed by atoms with Gasteiger partial charge in [0, 0.05) is 26.2 Å². The zero-order valence-electron chi connectivity index (χ0n) is 10.2. The second kappa shape index (κ2) is 5.61. The Hall–Kier alpha value is -0.650. The highest BCUT2D eigenvalue weighted by molar-refractivity contribution is 5.83. The van der Waals surface area contributed by atoms with Crippen LogP contribution in [0.5, 0.6) is 0 Å². The molecule has 1 heterocycles. The van der Waals surface area contributed by atoms with Gasteiger partial charge in [-0.05, 0) is 26.7 Å². The Morgan fingerprint density at radius 2 is 2.31 bits per heavy atom. The summed E-state index contributed by atoms with van der Waals surface area (Å²) in [4.78, 5) is 13.4. The summed E-state index contributed by atoms with van der Waals surface area (Å²) in [5, 5.41) is 0. The average Bonchev–Trinajstić information content (AvgIpc) is 2.39. The number of rotatable bonds is 4. The summed E-state index contributed by atoms with van der Waals surface area (Å²) in [6, 6.07) is 0. The van der Waals surface area contributed by atoms with Crippen LogP contribution in [0.15, 0.2) is 0 Å². The van der Waals surface area contributed by atoms with Gasteiger partial charge in [0.1, 0.15) is 0 Å². The first-order valence-corrected chi connectivity index (χ1v) is 5.84. The molecule has 1 fully saturated rings. The highest BCUT2D eigenvalue weighted by atomic mass is 16.5. The second-order valence-corrected chi connectivity index (χ2v) is 4.87. The molecule has 0 aromatic heterocycles. The van der Waals surface area contributed by atoms with Crippen LogP contribution in [0, 0.1) is 0 Å². The van der Waals surface area contributed by atoms with Crippen LogP contribution in [0.2, 0.25) is 0 Å². The van der Waals surface area contributed by atoms with Crippen molar-refractivity contribution in [3.8, 4) is 0 Å². The zero-order valence-corrected chi connectivity index (χ0v) is 10.2. The summed E-state index contributed by atoms with van der Waals surface area (Å²) in [6.45, 7) is 7.26. The van der Waals surface area contributed by atoms with E-state index in [1.54, 1.807) is 6.92 Å². The zero-order chi connectivity index (χ0) is 12.2. The van der Waals surface area contributed by atoms with Crippen LogP contribution in [0.25, 0.3) is 0 Å². The topological polar surface area (TPSA) is 81.6 Å². The minimum atomic E-state index is -0.906. The van der Waals surface area contributed by atoms with Crippen LogP contribution < -0.4 is 11.5 Å². The van der Waals surface area contributed by atoms with Gasteiger partial charge in [-0.1, -0.05) is 0 Å². The van der Waals surface area contributed by atoms with E-state index in [-0.39, 0.29) is 6.10 Å². The molecule has 1 aliphatic heterocycles. The molecule has 0 aliphatic carbocycles. The summed E-state index contributed by atoms with van der Waals surface area (Å²) in [5.41, 5.74) is 10.1. The second-order valence-electron chi connectivity index (χ2n) is 4.87. The number of nitrogens with two attached hydrogens (primary N) is 2. The fourth-order valence-electron chi connectivity index (χ4n) is 1.80. The Labute approximate surface area is 97.1 Å². The normalized spacial score (nSPS) is 27.1. The minimum Gasteiger partial charge on any atom is -0.377 e. The third-order valence-electron chi connectivity index (χ3n) is 3.05. The molecule has 5 nitrogen and oxygen atoms in total. The molecule has 1 amide bonds. The number of hydrogen-bond donors (Lipinski definition) is 2. The van der Waals surface area contributed by atoms with E-state index in [2.05, 4.69) is 11.8 Å². The van der Waals surface area contributed by atoms with E-state index in [0.29, 0.717) is 6.42 Å². The smallest absolute Gasteiger partial charge is 0.237 e. The van der Waals surface area contributed by atoms with Gasteiger partial charge in [0.25, 0.3) is 0 Å². The van der Waals surface area contributed by atoms with Crippen molar-refractivity contribution in [1.29, 1.82) is 0 Å². The quantitative estimate of drug-likeness (QED) is 0.693. The predicted octanol–water partition coefficient (Wildman–Crippen LogP) is -0.310. The lowest BCUT2D eigenvalue weighted by molar-refractivity contribution is -0.122. The van der Waals surface area contributed by atoms with Crippen molar-refractivity contribution >= 4 is 5.91 Å². The molecule has 1 aliphatic rings.